The van der Waals surface area contributed by atoms with E-state index in [1.165, 1.54) is 0 Å². The van der Waals surface area contributed by atoms with Crippen LogP contribution in [0.2, 0.25) is 0 Å². The highest BCUT2D eigenvalue weighted by Crippen LogP contribution is 2.19. The van der Waals surface area contributed by atoms with Gasteiger partial charge in [-0.15, -0.1) is 0 Å². The van der Waals surface area contributed by atoms with Crippen LogP contribution >= 0.6 is 0 Å². The summed E-state index contributed by atoms with van der Waals surface area (Å²) in [5, 5.41) is 10.1. The first-order valence-electron chi connectivity index (χ1n) is 5.29. The van der Waals surface area contributed by atoms with E-state index in [0.717, 1.165) is 0 Å². The molecule has 1 aliphatic rings. The van der Waals surface area contributed by atoms with Crippen molar-refractivity contribution in [1.29, 1.82) is 0 Å². The van der Waals surface area contributed by atoms with Gasteiger partial charge in [0.25, 0.3) is 0 Å². The third-order valence-corrected chi connectivity index (χ3v) is 3.14. The molecule has 1 rings (SSSR count). The summed E-state index contributed by atoms with van der Waals surface area (Å²) in [6.07, 6.45) is 2.05. The predicted molar refractivity (Wildman–Crippen MR) is 54.7 cm³/mol. The zero-order valence-corrected chi connectivity index (χ0v) is 8.99. The van der Waals surface area contributed by atoms with Gasteiger partial charge < -0.3 is 15.7 Å². The lowest BCUT2D eigenvalue weighted by Crippen LogP contribution is -2.45. The molecular formula is C10H20N2O2. The van der Waals surface area contributed by atoms with E-state index in [-0.39, 0.29) is 11.9 Å². The molecular weight excluding hydrogens is 180 g/mol. The molecule has 82 valence electrons. The number of likely N-dealkylation sites (tertiary alicyclic amines) is 1. The Morgan fingerprint density at radius 1 is 1.57 bits per heavy atom. The zero-order valence-electron chi connectivity index (χ0n) is 8.99. The maximum Gasteiger partial charge on any atom is 0.239 e. The Hall–Kier alpha value is -0.610. The molecule has 1 fully saturated rings. The lowest BCUT2D eigenvalue weighted by Gasteiger charge is -2.30. The number of hydrogen-bond acceptors (Lipinski definition) is 3. The minimum Gasteiger partial charge on any atom is -0.388 e. The smallest absolute Gasteiger partial charge is 0.239 e. The summed E-state index contributed by atoms with van der Waals surface area (Å²) < 4.78 is 0. The van der Waals surface area contributed by atoms with Gasteiger partial charge in [-0.1, -0.05) is 13.8 Å². The van der Waals surface area contributed by atoms with Crippen molar-refractivity contribution in [3.8, 4) is 0 Å². The molecule has 0 saturated carbocycles. The number of carbonyl (C=O) groups is 1. The van der Waals surface area contributed by atoms with Gasteiger partial charge in [0.15, 0.2) is 0 Å². The molecule has 0 aromatic carbocycles. The largest absolute Gasteiger partial charge is 0.388 e. The van der Waals surface area contributed by atoms with E-state index in [1.807, 2.05) is 13.8 Å². The fraction of sp³-hybridized carbons (Fsp3) is 0.900. The van der Waals surface area contributed by atoms with E-state index < -0.39 is 5.60 Å². The van der Waals surface area contributed by atoms with Gasteiger partial charge in [0, 0.05) is 13.1 Å². The normalized spacial score (nSPS) is 23.3. The van der Waals surface area contributed by atoms with E-state index in [0.29, 0.717) is 32.4 Å². The maximum atomic E-state index is 11.5. The van der Waals surface area contributed by atoms with Crippen LogP contribution in [-0.4, -0.2) is 40.6 Å². The molecule has 0 bridgehead atoms. The van der Waals surface area contributed by atoms with Crippen molar-refractivity contribution in [3.05, 3.63) is 0 Å². The van der Waals surface area contributed by atoms with Crippen LogP contribution in [0, 0.1) is 0 Å². The van der Waals surface area contributed by atoms with Crippen molar-refractivity contribution in [3.63, 3.8) is 0 Å². The average molecular weight is 200 g/mol. The van der Waals surface area contributed by atoms with Gasteiger partial charge in [0.05, 0.1) is 11.6 Å². The van der Waals surface area contributed by atoms with Crippen molar-refractivity contribution < 1.29 is 9.90 Å². The van der Waals surface area contributed by atoms with Crippen molar-refractivity contribution in [1.82, 2.24) is 4.90 Å². The summed E-state index contributed by atoms with van der Waals surface area (Å²) in [6, 6.07) is -0.354. The van der Waals surface area contributed by atoms with Crippen molar-refractivity contribution in [2.45, 2.75) is 44.8 Å². The molecule has 0 spiro atoms. The number of rotatable bonds is 4. The number of amides is 1. The van der Waals surface area contributed by atoms with Crippen LogP contribution in [0.25, 0.3) is 0 Å². The van der Waals surface area contributed by atoms with E-state index in [2.05, 4.69) is 0 Å². The number of hydrogen-bond donors (Lipinski definition) is 2. The van der Waals surface area contributed by atoms with Gasteiger partial charge in [-0.2, -0.15) is 0 Å². The number of aliphatic hydroxyl groups is 1. The number of nitrogens with two attached hydrogens (primary N) is 1. The van der Waals surface area contributed by atoms with Crippen LogP contribution in [0.4, 0.5) is 0 Å². The summed E-state index contributed by atoms with van der Waals surface area (Å²) in [4.78, 5) is 13.2. The number of carbonyl (C=O) groups excluding carboxylic acids is 1. The SMILES string of the molecule is CCC(O)(CC)CN1CCC(N)C1=O. The Morgan fingerprint density at radius 3 is 2.50 bits per heavy atom. The predicted octanol–water partition coefficient (Wildman–Crippen LogP) is 0.0971. The molecule has 0 aromatic rings. The van der Waals surface area contributed by atoms with Gasteiger partial charge in [-0.25, -0.2) is 0 Å². The highest BCUT2D eigenvalue weighted by Gasteiger charge is 2.34. The molecule has 4 nitrogen and oxygen atoms in total. The Bertz CT molecular complexity index is 214. The van der Waals surface area contributed by atoms with Crippen LogP contribution in [0.5, 0.6) is 0 Å². The molecule has 1 unspecified atom stereocenters. The minimum absolute atomic E-state index is 0.0228. The van der Waals surface area contributed by atoms with E-state index in [9.17, 15) is 9.90 Å². The second-order valence-electron chi connectivity index (χ2n) is 4.09. The Kier molecular flexibility index (Phi) is 3.50. The van der Waals surface area contributed by atoms with Crippen LogP contribution in [-0.2, 0) is 4.79 Å². The highest BCUT2D eigenvalue weighted by atomic mass is 16.3. The lowest BCUT2D eigenvalue weighted by atomic mass is 9.97. The van der Waals surface area contributed by atoms with Crippen LogP contribution in [0.1, 0.15) is 33.1 Å². The van der Waals surface area contributed by atoms with Gasteiger partial charge >= 0.3 is 0 Å². The molecule has 1 saturated heterocycles. The summed E-state index contributed by atoms with van der Waals surface area (Å²) in [6.45, 7) is 4.97. The van der Waals surface area contributed by atoms with Crippen molar-refractivity contribution in [2.24, 2.45) is 5.73 Å². The molecule has 0 aliphatic carbocycles. The summed E-state index contributed by atoms with van der Waals surface area (Å²) in [5.41, 5.74) is 4.86. The topological polar surface area (TPSA) is 66.6 Å². The molecule has 1 atom stereocenters. The second-order valence-corrected chi connectivity index (χ2v) is 4.09. The number of nitrogens with zero attached hydrogens (tertiary/aromatic N) is 1. The van der Waals surface area contributed by atoms with Crippen LogP contribution in [0.3, 0.4) is 0 Å². The summed E-state index contributed by atoms with van der Waals surface area (Å²) in [7, 11) is 0. The highest BCUT2D eigenvalue weighted by molar-refractivity contribution is 5.83. The number of β-amino-alcohol motifs (C(OH)–C–C–N with tert-alkyl or cyclic N) is 1. The van der Waals surface area contributed by atoms with Crippen LogP contribution in [0.15, 0.2) is 0 Å². The lowest BCUT2D eigenvalue weighted by molar-refractivity contribution is -0.132. The molecule has 3 N–H and O–H groups in total. The fourth-order valence-electron chi connectivity index (χ4n) is 1.75. The van der Waals surface area contributed by atoms with Gasteiger partial charge in [-0.05, 0) is 19.3 Å². The third kappa shape index (κ3) is 2.25. The molecule has 0 radical (unpaired) electrons. The van der Waals surface area contributed by atoms with E-state index >= 15 is 0 Å². The average Bonchev–Trinajstić information content (AvgIpc) is 2.49. The quantitative estimate of drug-likeness (QED) is 0.676. The third-order valence-electron chi connectivity index (χ3n) is 3.14. The van der Waals surface area contributed by atoms with E-state index in [4.69, 9.17) is 5.73 Å². The van der Waals surface area contributed by atoms with E-state index in [1.54, 1.807) is 4.90 Å². The van der Waals surface area contributed by atoms with Gasteiger partial charge in [0.2, 0.25) is 5.91 Å². The molecule has 1 aliphatic heterocycles. The van der Waals surface area contributed by atoms with Gasteiger partial charge in [-0.3, -0.25) is 4.79 Å². The monoisotopic (exact) mass is 200 g/mol. The standard InChI is InChI=1S/C10H20N2O2/c1-3-10(14,4-2)7-12-6-5-8(11)9(12)13/h8,14H,3-7,11H2,1-2H3. The van der Waals surface area contributed by atoms with Crippen molar-refractivity contribution in [2.75, 3.05) is 13.1 Å². The first-order chi connectivity index (χ1) is 6.52. The zero-order chi connectivity index (χ0) is 10.8. The summed E-state index contributed by atoms with van der Waals surface area (Å²) >= 11 is 0. The molecule has 1 heterocycles. The van der Waals surface area contributed by atoms with Gasteiger partial charge in [0.1, 0.15) is 0 Å². The molecule has 14 heavy (non-hydrogen) atoms. The first kappa shape index (κ1) is 11.5. The Labute approximate surface area is 85.1 Å². The minimum atomic E-state index is -0.736. The Balaban J connectivity index is 2.56. The fourth-order valence-corrected chi connectivity index (χ4v) is 1.75. The van der Waals surface area contributed by atoms with Crippen LogP contribution < -0.4 is 5.73 Å². The second kappa shape index (κ2) is 4.28. The Morgan fingerprint density at radius 2 is 2.14 bits per heavy atom. The molecule has 0 aromatic heterocycles. The van der Waals surface area contributed by atoms with Crippen molar-refractivity contribution >= 4 is 5.91 Å². The molecule has 4 heteroatoms. The maximum absolute atomic E-state index is 11.5. The summed E-state index contributed by atoms with van der Waals surface area (Å²) in [5.74, 6) is -0.0228. The first-order valence-corrected chi connectivity index (χ1v) is 5.29. The molecule has 1 amide bonds.